The Morgan fingerprint density at radius 1 is 1.16 bits per heavy atom. The molecule has 10 atom stereocenters. The van der Waals surface area contributed by atoms with Gasteiger partial charge in [-0.1, -0.05) is 13.8 Å². The van der Waals surface area contributed by atoms with Crippen molar-refractivity contribution in [3.63, 3.8) is 0 Å². The molecule has 9 N–H and O–H groups in total. The zero-order valence-electron chi connectivity index (χ0n) is 17.3. The molecule has 31 heavy (non-hydrogen) atoms. The van der Waals surface area contributed by atoms with Crippen molar-refractivity contribution in [2.75, 3.05) is 19.8 Å². The first-order valence-corrected chi connectivity index (χ1v) is 10.1. The number of hydrogen-bond acceptors (Lipinski definition) is 12. The highest BCUT2D eigenvalue weighted by molar-refractivity contribution is 5.73. The van der Waals surface area contributed by atoms with Gasteiger partial charge in [0.2, 0.25) is 5.79 Å². The highest BCUT2D eigenvalue weighted by Gasteiger charge is 2.53. The smallest absolute Gasteiger partial charge is 0.320 e. The van der Waals surface area contributed by atoms with Gasteiger partial charge < -0.3 is 55.1 Å². The predicted octanol–water partition coefficient (Wildman–Crippen LogP) is -4.30. The monoisotopic (exact) mass is 455 g/mol. The minimum atomic E-state index is -2.34. The lowest BCUT2D eigenvalue weighted by Gasteiger charge is -2.47. The summed E-state index contributed by atoms with van der Waals surface area (Å²) >= 11 is 0. The number of nitrogens with one attached hydrogen (secondary N) is 1. The van der Waals surface area contributed by atoms with Crippen LogP contribution in [0, 0.1) is 5.92 Å². The molecule has 0 radical (unpaired) electrons. The van der Waals surface area contributed by atoms with Crippen molar-refractivity contribution in [1.82, 2.24) is 5.32 Å². The van der Waals surface area contributed by atoms with Crippen LogP contribution in [0.3, 0.4) is 0 Å². The number of aliphatic hydroxyl groups excluding tert-OH is 6. The molecule has 0 aliphatic carbocycles. The molecule has 0 amide bonds. The summed E-state index contributed by atoms with van der Waals surface area (Å²) in [7, 11) is 0. The van der Waals surface area contributed by atoms with E-state index < -0.39 is 86.6 Å². The van der Waals surface area contributed by atoms with Crippen LogP contribution in [0.5, 0.6) is 0 Å². The lowest BCUT2D eigenvalue weighted by atomic mass is 9.95. The fourth-order valence-electron chi connectivity index (χ4n) is 3.54. The van der Waals surface area contributed by atoms with E-state index in [1.54, 1.807) is 0 Å². The molecule has 2 fully saturated rings. The quantitative estimate of drug-likeness (QED) is 0.161. The molecule has 182 valence electrons. The van der Waals surface area contributed by atoms with Crippen LogP contribution in [0.4, 0.5) is 0 Å². The van der Waals surface area contributed by atoms with Crippen LogP contribution in [0.15, 0.2) is 0 Å². The molecule has 0 bridgehead atoms. The second-order valence-electron chi connectivity index (χ2n) is 8.37. The zero-order valence-corrected chi connectivity index (χ0v) is 17.3. The molecule has 2 heterocycles. The second kappa shape index (κ2) is 10.8. The maximum absolute atomic E-state index is 11.4. The Hall–Kier alpha value is -0.970. The summed E-state index contributed by atoms with van der Waals surface area (Å²) in [6.07, 6.45) is -12.8. The van der Waals surface area contributed by atoms with Gasteiger partial charge in [-0.25, -0.2) is 0 Å². The fraction of sp³-hybridized carbons (Fsp3) is 0.944. The Morgan fingerprint density at radius 3 is 2.35 bits per heavy atom. The minimum absolute atomic E-state index is 0.0320. The summed E-state index contributed by atoms with van der Waals surface area (Å²) < 4.78 is 15.7. The van der Waals surface area contributed by atoms with Gasteiger partial charge in [-0.15, -0.1) is 0 Å². The molecule has 2 rings (SSSR count). The largest absolute Gasteiger partial charge is 0.480 e. The van der Waals surface area contributed by atoms with Gasteiger partial charge in [0.25, 0.3) is 0 Å². The summed E-state index contributed by atoms with van der Waals surface area (Å²) in [5.74, 6) is -3.47. The third kappa shape index (κ3) is 6.09. The second-order valence-corrected chi connectivity index (χ2v) is 8.37. The Morgan fingerprint density at radius 2 is 1.81 bits per heavy atom. The summed E-state index contributed by atoms with van der Waals surface area (Å²) in [6.45, 7) is 1.92. The van der Waals surface area contributed by atoms with E-state index in [0.717, 1.165) is 0 Å². The van der Waals surface area contributed by atoms with Gasteiger partial charge in [0.05, 0.1) is 19.8 Å². The van der Waals surface area contributed by atoms with E-state index in [2.05, 4.69) is 5.32 Å². The highest BCUT2D eigenvalue weighted by Crippen LogP contribution is 2.30. The number of ether oxygens (including phenoxy) is 3. The van der Waals surface area contributed by atoms with E-state index in [-0.39, 0.29) is 12.3 Å². The molecule has 2 aliphatic heterocycles. The van der Waals surface area contributed by atoms with Gasteiger partial charge in [0, 0.05) is 0 Å². The average Bonchev–Trinajstić information content (AvgIpc) is 2.71. The lowest BCUT2D eigenvalue weighted by Crippen LogP contribution is -2.68. The van der Waals surface area contributed by atoms with Crippen LogP contribution in [0.1, 0.15) is 20.3 Å². The van der Waals surface area contributed by atoms with Crippen LogP contribution in [-0.2, 0) is 19.0 Å². The number of aliphatic carboxylic acids is 1. The van der Waals surface area contributed by atoms with E-state index >= 15 is 0 Å². The van der Waals surface area contributed by atoms with Crippen LogP contribution < -0.4 is 5.32 Å². The van der Waals surface area contributed by atoms with E-state index in [4.69, 9.17) is 14.2 Å². The molecule has 0 unspecified atom stereocenters. The van der Waals surface area contributed by atoms with Crippen molar-refractivity contribution < 1.29 is 59.9 Å². The van der Waals surface area contributed by atoms with Crippen LogP contribution >= 0.6 is 0 Å². The number of aliphatic hydroxyl groups is 7. The van der Waals surface area contributed by atoms with Crippen LogP contribution in [-0.4, -0.2) is 127 Å². The summed E-state index contributed by atoms with van der Waals surface area (Å²) in [5.41, 5.74) is 0. The molecular formula is C18H33NO12. The standard InChI is InChI=1S/C18H33NO12/c1-7(2)3-8(16(26)27)19-6-18(28)15(25)14(9(21)5-29-18)31-17-13(24)12(23)11(22)10(4-20)30-17/h7-15,17,19-25,28H,3-6H2,1-2H3,(H,26,27)/t8-,9-,10-,11+,12+,13-,14-,15+,17+,18-/m1/s1. The van der Waals surface area contributed by atoms with Gasteiger partial charge in [-0.05, 0) is 12.3 Å². The number of carbonyl (C=O) groups is 1. The fourth-order valence-corrected chi connectivity index (χ4v) is 3.54. The molecule has 0 saturated carbocycles. The maximum Gasteiger partial charge on any atom is 0.320 e. The molecule has 0 spiro atoms. The predicted molar refractivity (Wildman–Crippen MR) is 100 cm³/mol. The Labute approximate surface area is 178 Å². The summed E-state index contributed by atoms with van der Waals surface area (Å²) in [5, 5.41) is 82.5. The Balaban J connectivity index is 2.09. The van der Waals surface area contributed by atoms with Gasteiger partial charge in [0.15, 0.2) is 6.29 Å². The topological polar surface area (TPSA) is 219 Å². The van der Waals surface area contributed by atoms with Crippen molar-refractivity contribution >= 4 is 5.97 Å². The SMILES string of the molecule is CC(C)C[C@@H](NC[C@@]1(O)OC[C@@H](O)[C@@H](O[C@@H]2O[C@H](CO)[C@H](O)[C@H](O)[C@H]2O)[C@@H]1O)C(=O)O. The van der Waals surface area contributed by atoms with Crippen molar-refractivity contribution in [2.45, 2.75) is 81.1 Å². The summed E-state index contributed by atoms with van der Waals surface area (Å²) in [4.78, 5) is 11.4. The molecule has 13 heteroatoms. The highest BCUT2D eigenvalue weighted by atomic mass is 16.7. The molecule has 2 aliphatic rings. The normalized spacial score (nSPS) is 42.5. The molecule has 2 saturated heterocycles. The van der Waals surface area contributed by atoms with Crippen molar-refractivity contribution in [1.29, 1.82) is 0 Å². The number of carboxylic acid groups (broad SMARTS) is 1. The first-order chi connectivity index (χ1) is 14.4. The summed E-state index contributed by atoms with van der Waals surface area (Å²) in [6, 6.07) is -1.03. The third-order valence-corrected chi connectivity index (χ3v) is 5.40. The van der Waals surface area contributed by atoms with Gasteiger partial charge in [-0.3, -0.25) is 10.1 Å². The van der Waals surface area contributed by atoms with Gasteiger partial charge >= 0.3 is 5.97 Å². The molecule has 13 nitrogen and oxygen atoms in total. The molecule has 0 aromatic rings. The Bertz CT molecular complexity index is 592. The maximum atomic E-state index is 11.4. The first kappa shape index (κ1) is 26.3. The minimum Gasteiger partial charge on any atom is -0.480 e. The van der Waals surface area contributed by atoms with Crippen molar-refractivity contribution in [2.24, 2.45) is 5.92 Å². The number of carboxylic acids is 1. The van der Waals surface area contributed by atoms with Crippen LogP contribution in [0.25, 0.3) is 0 Å². The third-order valence-electron chi connectivity index (χ3n) is 5.40. The first-order valence-electron chi connectivity index (χ1n) is 10.1. The number of hydrogen-bond donors (Lipinski definition) is 9. The van der Waals surface area contributed by atoms with E-state index in [0.29, 0.717) is 0 Å². The molecule has 0 aromatic heterocycles. The van der Waals surface area contributed by atoms with E-state index in [1.165, 1.54) is 0 Å². The molecule has 0 aromatic carbocycles. The van der Waals surface area contributed by atoms with Gasteiger partial charge in [0.1, 0.15) is 48.8 Å². The van der Waals surface area contributed by atoms with E-state index in [1.807, 2.05) is 13.8 Å². The molecular weight excluding hydrogens is 422 g/mol. The van der Waals surface area contributed by atoms with Crippen molar-refractivity contribution in [3.8, 4) is 0 Å². The van der Waals surface area contributed by atoms with Gasteiger partial charge in [-0.2, -0.15) is 0 Å². The van der Waals surface area contributed by atoms with Crippen molar-refractivity contribution in [3.05, 3.63) is 0 Å². The lowest BCUT2D eigenvalue weighted by molar-refractivity contribution is -0.367. The van der Waals surface area contributed by atoms with Crippen LogP contribution in [0.2, 0.25) is 0 Å². The number of rotatable bonds is 9. The zero-order chi connectivity index (χ0) is 23.5. The van der Waals surface area contributed by atoms with E-state index in [9.17, 15) is 45.6 Å². The average molecular weight is 455 g/mol. The Kier molecular flexibility index (Phi) is 9.13.